The molecule has 2 amide bonds. The van der Waals surface area contributed by atoms with Crippen molar-refractivity contribution in [1.82, 2.24) is 10.2 Å². The van der Waals surface area contributed by atoms with Crippen LogP contribution in [-0.2, 0) is 19.1 Å². The van der Waals surface area contributed by atoms with Gasteiger partial charge in [-0.2, -0.15) is 0 Å². The van der Waals surface area contributed by atoms with Gasteiger partial charge in [0.1, 0.15) is 12.3 Å². The summed E-state index contributed by atoms with van der Waals surface area (Å²) in [5.41, 5.74) is 0.410. The number of unbranched alkanes of at least 4 members (excludes halogenated alkanes) is 1. The molecule has 1 aromatic carbocycles. The van der Waals surface area contributed by atoms with Crippen LogP contribution < -0.4 is 10.1 Å². The van der Waals surface area contributed by atoms with E-state index in [0.29, 0.717) is 31.0 Å². The Morgan fingerprint density at radius 1 is 1.14 bits per heavy atom. The molecule has 0 bridgehead atoms. The number of carbonyl (C=O) groups excluding carboxylic acids is 3. The number of benzene rings is 1. The molecule has 1 aliphatic rings. The minimum atomic E-state index is -0.666. The van der Waals surface area contributed by atoms with Crippen molar-refractivity contribution in [3.8, 4) is 5.75 Å². The Balaban J connectivity index is 1.70. The summed E-state index contributed by atoms with van der Waals surface area (Å²) in [6.07, 6.45) is 1.91. The highest BCUT2D eigenvalue weighted by molar-refractivity contribution is 5.96. The highest BCUT2D eigenvalue weighted by Crippen LogP contribution is 2.13. The maximum absolute atomic E-state index is 12.2. The molecule has 0 spiro atoms. The van der Waals surface area contributed by atoms with Gasteiger partial charge in [0.25, 0.3) is 11.8 Å². The summed E-state index contributed by atoms with van der Waals surface area (Å²) in [6.45, 7) is 6.78. The van der Waals surface area contributed by atoms with Crippen LogP contribution in [0, 0.1) is 0 Å². The molecule has 1 N–H and O–H groups in total. The van der Waals surface area contributed by atoms with Crippen molar-refractivity contribution >= 4 is 17.8 Å². The smallest absolute Gasteiger partial charge is 0.325 e. The Morgan fingerprint density at radius 2 is 1.79 bits per heavy atom. The number of hydrogen-bond donors (Lipinski definition) is 1. The molecule has 0 aromatic heterocycles. The fraction of sp³-hybridized carbons (Fsp3) is 0.571. The highest BCUT2D eigenvalue weighted by Gasteiger charge is 2.26. The lowest BCUT2D eigenvalue weighted by atomic mass is 10.2. The van der Waals surface area contributed by atoms with Gasteiger partial charge in [-0.15, -0.1) is 0 Å². The lowest BCUT2D eigenvalue weighted by molar-refractivity contribution is -0.156. The molecule has 8 nitrogen and oxygen atoms in total. The summed E-state index contributed by atoms with van der Waals surface area (Å²) < 4.78 is 16.1. The third-order valence-corrected chi connectivity index (χ3v) is 4.41. The Labute approximate surface area is 171 Å². The second kappa shape index (κ2) is 11.4. The van der Waals surface area contributed by atoms with E-state index in [1.807, 2.05) is 13.8 Å². The molecular formula is C21H30N2O6. The topological polar surface area (TPSA) is 94.2 Å². The quantitative estimate of drug-likeness (QED) is 0.496. The number of ether oxygens (including phenoxy) is 3. The molecule has 0 radical (unpaired) electrons. The van der Waals surface area contributed by atoms with Crippen LogP contribution in [0.3, 0.4) is 0 Å². The van der Waals surface area contributed by atoms with E-state index in [2.05, 4.69) is 12.2 Å². The molecule has 8 heteroatoms. The van der Waals surface area contributed by atoms with Crippen molar-refractivity contribution < 1.29 is 28.6 Å². The van der Waals surface area contributed by atoms with Gasteiger partial charge in [-0.1, -0.05) is 13.3 Å². The first kappa shape index (κ1) is 22.7. The van der Waals surface area contributed by atoms with Crippen LogP contribution in [0.2, 0.25) is 0 Å². The normalized spacial score (nSPS) is 18.8. The van der Waals surface area contributed by atoms with Gasteiger partial charge in [0.15, 0.2) is 6.61 Å². The van der Waals surface area contributed by atoms with Gasteiger partial charge in [-0.05, 0) is 44.5 Å². The number of amides is 2. The first-order chi connectivity index (χ1) is 13.9. The van der Waals surface area contributed by atoms with E-state index in [1.54, 1.807) is 29.2 Å². The largest absolute Gasteiger partial charge is 0.494 e. The minimum absolute atomic E-state index is 0.0545. The maximum atomic E-state index is 12.2. The molecular weight excluding hydrogens is 376 g/mol. The average Bonchev–Trinajstić information content (AvgIpc) is 2.70. The molecule has 0 aliphatic carbocycles. The number of nitrogens with one attached hydrogen (secondary N) is 1. The van der Waals surface area contributed by atoms with Crippen LogP contribution in [0.15, 0.2) is 24.3 Å². The van der Waals surface area contributed by atoms with Crippen molar-refractivity contribution in [3.05, 3.63) is 29.8 Å². The maximum Gasteiger partial charge on any atom is 0.325 e. The van der Waals surface area contributed by atoms with Crippen LogP contribution in [0.4, 0.5) is 0 Å². The fourth-order valence-corrected chi connectivity index (χ4v) is 2.96. The molecule has 2 atom stereocenters. The first-order valence-corrected chi connectivity index (χ1v) is 9.99. The van der Waals surface area contributed by atoms with Crippen LogP contribution in [0.1, 0.15) is 44.0 Å². The third-order valence-electron chi connectivity index (χ3n) is 4.41. The highest BCUT2D eigenvalue weighted by atomic mass is 16.5. The van der Waals surface area contributed by atoms with Gasteiger partial charge < -0.3 is 24.4 Å². The number of esters is 1. The lowest BCUT2D eigenvalue weighted by Gasteiger charge is -2.35. The second-order valence-electron chi connectivity index (χ2n) is 7.13. The van der Waals surface area contributed by atoms with E-state index in [-0.39, 0.29) is 31.3 Å². The lowest BCUT2D eigenvalue weighted by Crippen LogP contribution is -2.49. The van der Waals surface area contributed by atoms with Crippen LogP contribution in [0.5, 0.6) is 5.75 Å². The average molecular weight is 406 g/mol. The molecule has 1 fully saturated rings. The van der Waals surface area contributed by atoms with E-state index in [4.69, 9.17) is 14.2 Å². The SMILES string of the molecule is CCCCOc1ccc(C(=O)NCC(=O)OCC(=O)N2C[C@@H](C)O[C@H](C)C2)cc1. The zero-order valence-electron chi connectivity index (χ0n) is 17.3. The molecule has 0 unspecified atom stereocenters. The summed E-state index contributed by atoms with van der Waals surface area (Å²) >= 11 is 0. The van der Waals surface area contributed by atoms with Gasteiger partial charge in [0.05, 0.1) is 18.8 Å². The van der Waals surface area contributed by atoms with Gasteiger partial charge >= 0.3 is 5.97 Å². The molecule has 2 rings (SSSR count). The summed E-state index contributed by atoms with van der Waals surface area (Å²) in [7, 11) is 0. The summed E-state index contributed by atoms with van der Waals surface area (Å²) in [5.74, 6) is -0.644. The predicted octanol–water partition coefficient (Wildman–Crippen LogP) is 1.77. The third kappa shape index (κ3) is 7.73. The molecule has 1 aliphatic heterocycles. The number of rotatable bonds is 9. The van der Waals surface area contributed by atoms with Gasteiger partial charge in [-0.25, -0.2) is 0 Å². The number of hydrogen-bond acceptors (Lipinski definition) is 6. The van der Waals surface area contributed by atoms with Crippen molar-refractivity contribution in [3.63, 3.8) is 0 Å². The van der Waals surface area contributed by atoms with Gasteiger partial charge in [0.2, 0.25) is 0 Å². The Kier molecular flexibility index (Phi) is 8.92. The van der Waals surface area contributed by atoms with Crippen molar-refractivity contribution in [2.24, 2.45) is 0 Å². The van der Waals surface area contributed by atoms with E-state index < -0.39 is 11.9 Å². The molecule has 0 saturated carbocycles. The molecule has 1 heterocycles. The Morgan fingerprint density at radius 3 is 2.41 bits per heavy atom. The Hall–Kier alpha value is -2.61. The molecule has 1 saturated heterocycles. The van der Waals surface area contributed by atoms with Crippen LogP contribution in [-0.4, -0.2) is 67.7 Å². The van der Waals surface area contributed by atoms with Crippen molar-refractivity contribution in [2.75, 3.05) is 32.8 Å². The summed E-state index contributed by atoms with van der Waals surface area (Å²) in [5, 5.41) is 2.49. The monoisotopic (exact) mass is 406 g/mol. The minimum Gasteiger partial charge on any atom is -0.494 e. The summed E-state index contributed by atoms with van der Waals surface area (Å²) in [6, 6.07) is 6.69. The van der Waals surface area contributed by atoms with Gasteiger partial charge in [0, 0.05) is 18.7 Å². The van der Waals surface area contributed by atoms with Crippen LogP contribution in [0.25, 0.3) is 0 Å². The summed E-state index contributed by atoms with van der Waals surface area (Å²) in [4.78, 5) is 37.8. The Bertz CT molecular complexity index is 681. The zero-order chi connectivity index (χ0) is 21.2. The number of carbonyl (C=O) groups is 3. The fourth-order valence-electron chi connectivity index (χ4n) is 2.96. The van der Waals surface area contributed by atoms with E-state index in [9.17, 15) is 14.4 Å². The molecule has 160 valence electrons. The van der Waals surface area contributed by atoms with Gasteiger partial charge in [-0.3, -0.25) is 14.4 Å². The molecule has 1 aromatic rings. The molecule has 29 heavy (non-hydrogen) atoms. The van der Waals surface area contributed by atoms with E-state index in [1.165, 1.54) is 0 Å². The van der Waals surface area contributed by atoms with Crippen molar-refractivity contribution in [1.29, 1.82) is 0 Å². The zero-order valence-corrected chi connectivity index (χ0v) is 17.3. The second-order valence-corrected chi connectivity index (χ2v) is 7.13. The first-order valence-electron chi connectivity index (χ1n) is 9.99. The number of nitrogens with zero attached hydrogens (tertiary/aromatic N) is 1. The van der Waals surface area contributed by atoms with Crippen LogP contribution >= 0.6 is 0 Å². The van der Waals surface area contributed by atoms with Crippen molar-refractivity contribution in [2.45, 2.75) is 45.8 Å². The predicted molar refractivity (Wildman–Crippen MR) is 107 cm³/mol. The van der Waals surface area contributed by atoms with E-state index in [0.717, 1.165) is 12.8 Å². The van der Waals surface area contributed by atoms with E-state index >= 15 is 0 Å². The number of morpholine rings is 1. The standard InChI is InChI=1S/C21H30N2O6/c1-4-5-10-27-18-8-6-17(7-9-18)21(26)22-11-20(25)28-14-19(24)23-12-15(2)29-16(3)13-23/h6-9,15-16H,4-5,10-14H2,1-3H3,(H,22,26)/t15-,16-/m1/s1.